The molecule has 0 unspecified atom stereocenters. The molecule has 2 aliphatic rings. The first-order chi connectivity index (χ1) is 26.0. The van der Waals surface area contributed by atoms with Gasteiger partial charge in [-0.05, 0) is 87.7 Å². The van der Waals surface area contributed by atoms with Crippen LogP contribution < -0.4 is 0 Å². The molecule has 252 valence electrons. The van der Waals surface area contributed by atoms with E-state index in [1.807, 2.05) is 0 Å². The minimum absolute atomic E-state index is 0.0717. The van der Waals surface area contributed by atoms with Gasteiger partial charge < -0.3 is 4.42 Å². The van der Waals surface area contributed by atoms with E-state index in [0.717, 1.165) is 78.6 Å². The molecule has 0 aliphatic heterocycles. The minimum atomic E-state index is -0.0717. The third-order valence-corrected chi connectivity index (χ3v) is 12.6. The third kappa shape index (κ3) is 4.58. The van der Waals surface area contributed by atoms with E-state index < -0.39 is 0 Å². The molecule has 0 fully saturated rings. The summed E-state index contributed by atoms with van der Waals surface area (Å²) in [7, 11) is 0. The number of thiophene rings is 1. The van der Waals surface area contributed by atoms with E-state index in [1.54, 1.807) is 11.3 Å². The Hall–Kier alpha value is -6.10. The van der Waals surface area contributed by atoms with Gasteiger partial charge in [0.05, 0.1) is 15.9 Å². The molecule has 3 heterocycles. The number of hydrogen-bond donors (Lipinski definition) is 0. The molecule has 0 bridgehead atoms. The topological polar surface area (TPSA) is 38.9 Å². The van der Waals surface area contributed by atoms with Gasteiger partial charge in [0.25, 0.3) is 0 Å². The van der Waals surface area contributed by atoms with E-state index in [9.17, 15) is 0 Å². The molecule has 11 rings (SSSR count). The van der Waals surface area contributed by atoms with Gasteiger partial charge in [-0.1, -0.05) is 129 Å². The van der Waals surface area contributed by atoms with E-state index in [4.69, 9.17) is 14.4 Å². The summed E-state index contributed by atoms with van der Waals surface area (Å²) in [6.07, 6.45) is 6.86. The summed E-state index contributed by atoms with van der Waals surface area (Å²) in [6, 6.07) is 47.7. The van der Waals surface area contributed by atoms with Crippen LogP contribution in [-0.2, 0) is 5.41 Å². The van der Waals surface area contributed by atoms with Crippen molar-refractivity contribution < 1.29 is 4.42 Å². The quantitative estimate of drug-likeness (QED) is 0.184. The van der Waals surface area contributed by atoms with Crippen molar-refractivity contribution in [2.45, 2.75) is 32.1 Å². The van der Waals surface area contributed by atoms with Gasteiger partial charge in [0.2, 0.25) is 0 Å². The normalized spacial score (nSPS) is 14.8. The molecule has 9 aromatic rings. The molecular weight excluding hydrogens is 665 g/mol. The van der Waals surface area contributed by atoms with E-state index >= 15 is 0 Å². The Bertz CT molecular complexity index is 3030. The van der Waals surface area contributed by atoms with Gasteiger partial charge >= 0.3 is 0 Å². The second-order valence-electron chi connectivity index (χ2n) is 14.8. The Labute approximate surface area is 311 Å². The van der Waals surface area contributed by atoms with Gasteiger partial charge in [0, 0.05) is 37.4 Å². The number of fused-ring (bicyclic) bond motifs is 8. The number of rotatable bonds is 4. The maximum Gasteiger partial charge on any atom is 0.160 e. The van der Waals surface area contributed by atoms with Crippen LogP contribution in [0.25, 0.3) is 92.7 Å². The number of allylic oxidation sites excluding steroid dienone is 4. The van der Waals surface area contributed by atoms with Crippen LogP contribution in [0.5, 0.6) is 0 Å². The Morgan fingerprint density at radius 3 is 2.28 bits per heavy atom. The van der Waals surface area contributed by atoms with E-state index in [2.05, 4.69) is 159 Å². The van der Waals surface area contributed by atoms with Gasteiger partial charge in [-0.2, -0.15) is 0 Å². The van der Waals surface area contributed by atoms with Crippen molar-refractivity contribution in [3.63, 3.8) is 0 Å². The fourth-order valence-electron chi connectivity index (χ4n) is 8.84. The predicted molar refractivity (Wildman–Crippen MR) is 222 cm³/mol. The lowest BCUT2D eigenvalue weighted by atomic mass is 9.79. The molecule has 0 amide bonds. The van der Waals surface area contributed by atoms with Crippen molar-refractivity contribution in [2.24, 2.45) is 0 Å². The van der Waals surface area contributed by atoms with Crippen molar-refractivity contribution in [3.05, 3.63) is 162 Å². The van der Waals surface area contributed by atoms with Crippen LogP contribution in [0.4, 0.5) is 0 Å². The van der Waals surface area contributed by atoms with Gasteiger partial charge in [-0.3, -0.25) is 0 Å². The Balaban J connectivity index is 1.14. The first-order valence-electron chi connectivity index (χ1n) is 18.4. The second-order valence-corrected chi connectivity index (χ2v) is 15.8. The average Bonchev–Trinajstić information content (AvgIpc) is 3.85. The fraction of sp³-hybridized carbons (Fsp3) is 0.102. The lowest BCUT2D eigenvalue weighted by Gasteiger charge is -2.24. The fourth-order valence-corrected chi connectivity index (χ4v) is 9.98. The average molecular weight is 699 g/mol. The molecule has 3 nitrogen and oxygen atoms in total. The van der Waals surface area contributed by atoms with Crippen LogP contribution in [0.1, 0.15) is 37.8 Å². The Kier molecular flexibility index (Phi) is 6.59. The molecule has 6 aromatic carbocycles. The highest BCUT2D eigenvalue weighted by molar-refractivity contribution is 7.26. The summed E-state index contributed by atoms with van der Waals surface area (Å²) in [6.45, 7) is 4.71. The smallest absolute Gasteiger partial charge is 0.160 e. The predicted octanol–water partition coefficient (Wildman–Crippen LogP) is 13.8. The van der Waals surface area contributed by atoms with Gasteiger partial charge in [-0.25, -0.2) is 9.97 Å². The summed E-state index contributed by atoms with van der Waals surface area (Å²) in [4.78, 5) is 10.9. The van der Waals surface area contributed by atoms with Crippen molar-refractivity contribution >= 4 is 59.2 Å². The zero-order valence-electron chi connectivity index (χ0n) is 29.5. The number of furan rings is 1. The second kappa shape index (κ2) is 11.4. The molecule has 3 aromatic heterocycles. The van der Waals surface area contributed by atoms with E-state index in [-0.39, 0.29) is 5.41 Å². The number of aromatic nitrogens is 2. The summed E-state index contributed by atoms with van der Waals surface area (Å²) in [5.74, 6) is 0.748. The Morgan fingerprint density at radius 2 is 1.40 bits per heavy atom. The van der Waals surface area contributed by atoms with Crippen LogP contribution in [-0.4, -0.2) is 9.97 Å². The summed E-state index contributed by atoms with van der Waals surface area (Å²) in [5, 5.41) is 3.31. The van der Waals surface area contributed by atoms with Crippen molar-refractivity contribution in [1.82, 2.24) is 9.97 Å². The third-order valence-electron chi connectivity index (χ3n) is 11.4. The molecule has 0 saturated heterocycles. The summed E-state index contributed by atoms with van der Waals surface area (Å²) < 4.78 is 8.87. The highest BCUT2D eigenvalue weighted by Crippen LogP contribution is 2.51. The first kappa shape index (κ1) is 30.5. The monoisotopic (exact) mass is 698 g/mol. The van der Waals surface area contributed by atoms with Crippen LogP contribution in [0.3, 0.4) is 0 Å². The van der Waals surface area contributed by atoms with Gasteiger partial charge in [-0.15, -0.1) is 11.3 Å². The molecule has 2 aliphatic carbocycles. The van der Waals surface area contributed by atoms with Crippen molar-refractivity contribution in [1.29, 1.82) is 0 Å². The standard InChI is InChI=1S/C49H34N2OS/c1-49(2)39-20-10-8-17-34(39)35-25-23-31(28-40(35)49)48-50-45-36-18-9-11-22-43(36)53-47(45)46(51-48)37-19-12-21-42-44(37)38-27-30(24-26-41(38)52-42)33-16-7-6-15-32(33)29-13-4-3-5-14-29/h3-7,9-16,18-28H,8,17H2,1-2H3. The van der Waals surface area contributed by atoms with Crippen molar-refractivity contribution in [3.8, 4) is 44.9 Å². The largest absolute Gasteiger partial charge is 0.456 e. The van der Waals surface area contributed by atoms with Crippen LogP contribution in [0.2, 0.25) is 0 Å². The van der Waals surface area contributed by atoms with Crippen LogP contribution in [0.15, 0.2) is 156 Å². The van der Waals surface area contributed by atoms with Gasteiger partial charge in [0.15, 0.2) is 5.82 Å². The number of hydrogen-bond acceptors (Lipinski definition) is 4. The molecular formula is C49H34N2OS. The summed E-state index contributed by atoms with van der Waals surface area (Å²) >= 11 is 1.77. The maximum absolute atomic E-state index is 6.58. The lowest BCUT2D eigenvalue weighted by molar-refractivity contribution is 0.651. The molecule has 0 saturated carbocycles. The number of benzene rings is 6. The van der Waals surface area contributed by atoms with Crippen molar-refractivity contribution in [2.75, 3.05) is 0 Å². The molecule has 0 atom stereocenters. The van der Waals surface area contributed by atoms with Crippen LogP contribution in [0, 0.1) is 0 Å². The zero-order chi connectivity index (χ0) is 35.3. The number of nitrogens with zero attached hydrogens (tertiary/aromatic N) is 2. The lowest BCUT2D eigenvalue weighted by Crippen LogP contribution is -2.16. The molecule has 0 radical (unpaired) electrons. The molecule has 0 N–H and O–H groups in total. The molecule has 4 heteroatoms. The van der Waals surface area contributed by atoms with Crippen LogP contribution >= 0.6 is 11.3 Å². The maximum atomic E-state index is 6.58. The summed E-state index contributed by atoms with van der Waals surface area (Å²) in [5.41, 5.74) is 16.1. The molecule has 53 heavy (non-hydrogen) atoms. The minimum Gasteiger partial charge on any atom is -0.456 e. The molecule has 0 spiro atoms. The van der Waals surface area contributed by atoms with Gasteiger partial charge in [0.1, 0.15) is 11.2 Å². The van der Waals surface area contributed by atoms with E-state index in [0.29, 0.717) is 0 Å². The Morgan fingerprint density at radius 1 is 0.623 bits per heavy atom. The highest BCUT2D eigenvalue weighted by atomic mass is 32.1. The zero-order valence-corrected chi connectivity index (χ0v) is 30.3. The first-order valence-corrected chi connectivity index (χ1v) is 19.2. The SMILES string of the molecule is CC1(C)C2=C(CCC=C2)c2ccc(-c3nc(-c4cccc5oc6ccc(-c7ccccc7-c7ccccc7)cc6c45)c4sc5ccccc5c4n3)cc21. The van der Waals surface area contributed by atoms with E-state index in [1.165, 1.54) is 43.7 Å². The highest BCUT2D eigenvalue weighted by Gasteiger charge is 2.37.